The minimum Gasteiger partial charge on any atom is -0.406 e. The molecule has 0 aliphatic rings. The Morgan fingerprint density at radius 3 is 2.39 bits per heavy atom. The number of hydrogen-bond donors (Lipinski definition) is 2. The van der Waals surface area contributed by atoms with Crippen molar-refractivity contribution >= 4 is 5.91 Å². The van der Waals surface area contributed by atoms with Crippen molar-refractivity contribution < 1.29 is 22.7 Å². The predicted octanol–water partition coefficient (Wildman–Crippen LogP) is 6.26. The molecule has 9 nitrogen and oxygen atoms in total. The smallest absolute Gasteiger partial charge is 0.406 e. The van der Waals surface area contributed by atoms with Gasteiger partial charge in [-0.3, -0.25) is 9.48 Å². The molecule has 0 radical (unpaired) electrons. The molecule has 0 saturated heterocycles. The predicted molar refractivity (Wildman–Crippen MR) is 147 cm³/mol. The lowest BCUT2D eigenvalue weighted by Crippen LogP contribution is -2.23. The number of halogens is 3. The van der Waals surface area contributed by atoms with Crippen LogP contribution < -0.4 is 10.1 Å². The molecule has 4 rings (SSSR count). The van der Waals surface area contributed by atoms with E-state index in [2.05, 4.69) is 58.4 Å². The van der Waals surface area contributed by atoms with E-state index in [-0.39, 0.29) is 29.5 Å². The zero-order chi connectivity index (χ0) is 29.6. The summed E-state index contributed by atoms with van der Waals surface area (Å²) in [6.07, 6.45) is -1.62. The summed E-state index contributed by atoms with van der Waals surface area (Å²) in [4.78, 5) is 12.5. The number of benzene rings is 2. The monoisotopic (exact) mass is 569 g/mol. The summed E-state index contributed by atoms with van der Waals surface area (Å²) < 4.78 is 43.7. The maximum Gasteiger partial charge on any atom is 0.573 e. The summed E-state index contributed by atoms with van der Waals surface area (Å²) in [6.45, 7) is 9.47. The van der Waals surface area contributed by atoms with Crippen molar-refractivity contribution in [2.24, 2.45) is 5.41 Å². The first-order chi connectivity index (χ1) is 19.4. The van der Waals surface area contributed by atoms with Gasteiger partial charge in [0.1, 0.15) is 5.75 Å². The van der Waals surface area contributed by atoms with Gasteiger partial charge in [0, 0.05) is 16.8 Å². The molecule has 1 atom stereocenters. The van der Waals surface area contributed by atoms with Gasteiger partial charge in [-0.1, -0.05) is 51.5 Å². The molecule has 0 aliphatic heterocycles. The highest BCUT2D eigenvalue weighted by molar-refractivity contribution is 5.94. The van der Waals surface area contributed by atoms with Gasteiger partial charge in [-0.2, -0.15) is 10.3 Å². The second kappa shape index (κ2) is 12.5. The van der Waals surface area contributed by atoms with E-state index < -0.39 is 6.36 Å². The molecule has 0 aliphatic carbocycles. The molecule has 2 heterocycles. The third-order valence-corrected chi connectivity index (χ3v) is 6.61. The fourth-order valence-corrected chi connectivity index (χ4v) is 4.46. The van der Waals surface area contributed by atoms with Crippen LogP contribution in [0.2, 0.25) is 0 Å². The molecule has 0 saturated carbocycles. The molecule has 0 spiro atoms. The topological polar surface area (TPSA) is 111 Å². The van der Waals surface area contributed by atoms with Crippen LogP contribution >= 0.6 is 0 Å². The summed E-state index contributed by atoms with van der Waals surface area (Å²) in [5, 5.41) is 21.0. The molecule has 2 aromatic heterocycles. The lowest BCUT2D eigenvalue weighted by atomic mass is 9.87. The van der Waals surface area contributed by atoms with Crippen LogP contribution in [0.25, 0.3) is 11.3 Å². The van der Waals surface area contributed by atoms with E-state index >= 15 is 0 Å². The maximum absolute atomic E-state index is 12.6. The maximum atomic E-state index is 12.6. The lowest BCUT2D eigenvalue weighted by molar-refractivity contribution is -0.274. The number of amides is 1. The highest BCUT2D eigenvalue weighted by atomic mass is 19.4. The Kier molecular flexibility index (Phi) is 9.09. The summed E-state index contributed by atoms with van der Waals surface area (Å²) in [6, 6.07) is 15.0. The van der Waals surface area contributed by atoms with Gasteiger partial charge < -0.3 is 10.1 Å². The van der Waals surface area contributed by atoms with Gasteiger partial charge in [0.05, 0.1) is 18.8 Å². The van der Waals surface area contributed by atoms with Crippen molar-refractivity contribution in [2.45, 2.75) is 72.3 Å². The van der Waals surface area contributed by atoms with Crippen LogP contribution in [-0.2, 0) is 13.1 Å². The number of aromatic amines is 1. The van der Waals surface area contributed by atoms with Crippen molar-refractivity contribution in [3.63, 3.8) is 0 Å². The van der Waals surface area contributed by atoms with E-state index in [4.69, 9.17) is 5.10 Å². The molecular weight excluding hydrogens is 535 g/mol. The lowest BCUT2D eigenvalue weighted by Gasteiger charge is -2.20. The quantitative estimate of drug-likeness (QED) is 0.221. The number of carbonyl (C=O) groups is 1. The highest BCUT2D eigenvalue weighted by Gasteiger charge is 2.31. The highest BCUT2D eigenvalue weighted by Crippen LogP contribution is 2.31. The molecule has 1 amide bonds. The van der Waals surface area contributed by atoms with Crippen LogP contribution in [0.15, 0.2) is 54.6 Å². The van der Waals surface area contributed by atoms with Gasteiger partial charge in [0.25, 0.3) is 5.91 Å². The molecule has 41 heavy (non-hydrogen) atoms. The van der Waals surface area contributed by atoms with Gasteiger partial charge in [0.15, 0.2) is 5.82 Å². The Morgan fingerprint density at radius 1 is 1.07 bits per heavy atom. The minimum absolute atomic E-state index is 0.160. The van der Waals surface area contributed by atoms with E-state index in [9.17, 15) is 18.0 Å². The molecule has 4 aromatic rings. The SMILES string of the molecule is CC(CCCC(C)(C)C)c1cc(-c2ccc(OC(F)(F)F)cc2)nn1Cc1ccc(C(=O)NCc2nn[nH]n2)cc1. The first-order valence-corrected chi connectivity index (χ1v) is 13.4. The molecule has 218 valence electrons. The zero-order valence-corrected chi connectivity index (χ0v) is 23.5. The van der Waals surface area contributed by atoms with Gasteiger partial charge in [-0.05, 0) is 72.2 Å². The Hall–Kier alpha value is -4.22. The molecule has 12 heteroatoms. The normalized spacial score (nSPS) is 12.8. The van der Waals surface area contributed by atoms with Crippen molar-refractivity contribution in [3.8, 4) is 17.0 Å². The Morgan fingerprint density at radius 2 is 1.78 bits per heavy atom. The van der Waals surface area contributed by atoms with Gasteiger partial charge in [0.2, 0.25) is 0 Å². The average molecular weight is 570 g/mol. The number of carbonyl (C=O) groups excluding carboxylic acids is 1. The Balaban J connectivity index is 1.51. The summed E-state index contributed by atoms with van der Waals surface area (Å²) >= 11 is 0. The summed E-state index contributed by atoms with van der Waals surface area (Å²) in [5.41, 5.74) is 4.08. The third kappa shape index (κ3) is 8.89. The van der Waals surface area contributed by atoms with E-state index in [0.29, 0.717) is 29.2 Å². The Bertz CT molecular complexity index is 1410. The standard InChI is InChI=1S/C29H34F3N7O2/c1-19(6-5-15-28(2,3)4)25-16-24(21-11-13-23(14-12-21)41-29(30,31)32)36-39(25)18-20-7-9-22(10-8-20)27(40)33-17-26-34-37-38-35-26/h7-14,16,19H,5-6,15,17-18H2,1-4H3,(H,33,40)(H,34,35,37,38). The fraction of sp³-hybridized carbons (Fsp3) is 0.414. The minimum atomic E-state index is -4.75. The zero-order valence-electron chi connectivity index (χ0n) is 23.5. The largest absolute Gasteiger partial charge is 0.573 e. The molecule has 0 fully saturated rings. The number of ether oxygens (including phenoxy) is 1. The molecule has 1 unspecified atom stereocenters. The molecular formula is C29H34F3N7O2. The van der Waals surface area contributed by atoms with Crippen molar-refractivity contribution in [1.82, 2.24) is 35.7 Å². The second-order valence-corrected chi connectivity index (χ2v) is 11.2. The van der Waals surface area contributed by atoms with Crippen LogP contribution in [0.3, 0.4) is 0 Å². The number of nitrogens with zero attached hydrogens (tertiary/aromatic N) is 5. The Labute approximate surface area is 236 Å². The molecule has 2 aromatic carbocycles. The van der Waals surface area contributed by atoms with Gasteiger partial charge >= 0.3 is 6.36 Å². The van der Waals surface area contributed by atoms with E-state index in [1.54, 1.807) is 24.3 Å². The van der Waals surface area contributed by atoms with Crippen molar-refractivity contribution in [1.29, 1.82) is 0 Å². The number of alkyl halides is 3. The molecule has 0 bridgehead atoms. The number of nitrogens with one attached hydrogen (secondary N) is 2. The fourth-order valence-electron chi connectivity index (χ4n) is 4.46. The van der Waals surface area contributed by atoms with Gasteiger partial charge in [-0.25, -0.2) is 0 Å². The third-order valence-electron chi connectivity index (χ3n) is 6.61. The molecule has 2 N–H and O–H groups in total. The van der Waals surface area contributed by atoms with Gasteiger partial charge in [-0.15, -0.1) is 23.4 Å². The number of rotatable bonds is 11. The van der Waals surface area contributed by atoms with E-state index in [0.717, 1.165) is 30.5 Å². The van der Waals surface area contributed by atoms with Crippen molar-refractivity contribution in [3.05, 3.63) is 77.2 Å². The van der Waals surface area contributed by atoms with E-state index in [1.807, 2.05) is 22.9 Å². The first-order valence-electron chi connectivity index (χ1n) is 13.4. The summed E-state index contributed by atoms with van der Waals surface area (Å²) in [5.74, 6) is 0.0597. The number of hydrogen-bond acceptors (Lipinski definition) is 6. The van der Waals surface area contributed by atoms with Crippen molar-refractivity contribution in [2.75, 3.05) is 0 Å². The number of H-pyrrole nitrogens is 1. The van der Waals surface area contributed by atoms with Crippen LogP contribution in [0.5, 0.6) is 5.75 Å². The van der Waals surface area contributed by atoms with Crippen LogP contribution in [-0.4, -0.2) is 42.7 Å². The second-order valence-electron chi connectivity index (χ2n) is 11.2. The first kappa shape index (κ1) is 29.8. The number of aromatic nitrogens is 6. The average Bonchev–Trinajstić information content (AvgIpc) is 3.57. The van der Waals surface area contributed by atoms with E-state index in [1.165, 1.54) is 12.1 Å². The van der Waals surface area contributed by atoms with Crippen LogP contribution in [0, 0.1) is 5.41 Å². The summed E-state index contributed by atoms with van der Waals surface area (Å²) in [7, 11) is 0. The van der Waals surface area contributed by atoms with Crippen LogP contribution in [0.1, 0.15) is 80.3 Å². The van der Waals surface area contributed by atoms with Crippen LogP contribution in [0.4, 0.5) is 13.2 Å². The number of tetrazole rings is 1.